The number of nitrogens with zero attached hydrogens (tertiary/aromatic N) is 3. The van der Waals surface area contributed by atoms with Gasteiger partial charge in [-0.1, -0.05) is 11.6 Å². The van der Waals surface area contributed by atoms with Gasteiger partial charge in [0.2, 0.25) is 0 Å². The van der Waals surface area contributed by atoms with E-state index in [1.165, 1.54) is 12.8 Å². The fourth-order valence-electron chi connectivity index (χ4n) is 2.13. The maximum atomic E-state index is 8.78. The Morgan fingerprint density at radius 2 is 2.00 bits per heavy atom. The van der Waals surface area contributed by atoms with Gasteiger partial charge in [0, 0.05) is 31.7 Å². The highest BCUT2D eigenvalue weighted by Crippen LogP contribution is 2.39. The van der Waals surface area contributed by atoms with Gasteiger partial charge >= 0.3 is 0 Å². The number of halogens is 1. The molecule has 1 fully saturated rings. The second kappa shape index (κ2) is 6.53. The summed E-state index contributed by atoms with van der Waals surface area (Å²) < 4.78 is 0. The fraction of sp³-hybridized carbons (Fsp3) is 0.714. The molecule has 0 atom stereocenters. The molecule has 1 aromatic rings. The monoisotopic (exact) mass is 283 g/mol. The predicted octanol–water partition coefficient (Wildman–Crippen LogP) is 2.91. The van der Waals surface area contributed by atoms with Crippen molar-refractivity contribution < 1.29 is 5.11 Å². The third-order valence-corrected chi connectivity index (χ3v) is 3.90. The average Bonchev–Trinajstić information content (AvgIpc) is 3.22. The van der Waals surface area contributed by atoms with Gasteiger partial charge in [-0.05, 0) is 39.0 Å². The minimum absolute atomic E-state index is 0.272. The van der Waals surface area contributed by atoms with E-state index in [1.807, 2.05) is 14.0 Å². The lowest BCUT2D eigenvalue weighted by molar-refractivity contribution is 0.283. The Morgan fingerprint density at radius 3 is 2.63 bits per heavy atom. The number of aliphatic hydroxyl groups excluding tert-OH is 1. The van der Waals surface area contributed by atoms with Crippen LogP contribution in [-0.2, 0) is 0 Å². The normalized spacial score (nSPS) is 14.7. The van der Waals surface area contributed by atoms with E-state index in [1.54, 1.807) is 0 Å². The zero-order valence-corrected chi connectivity index (χ0v) is 12.4. The highest BCUT2D eigenvalue weighted by Gasteiger charge is 2.28. The number of hydrogen-bond donors (Lipinski definition) is 1. The number of rotatable bonds is 7. The molecule has 19 heavy (non-hydrogen) atoms. The van der Waals surface area contributed by atoms with Crippen LogP contribution in [0.3, 0.4) is 0 Å². The molecule has 0 unspecified atom stereocenters. The van der Waals surface area contributed by atoms with Gasteiger partial charge in [0.05, 0.1) is 0 Å². The molecule has 1 aromatic heterocycles. The standard InChI is InChI=1S/C14H22ClN3O/c1-10-12(15)16-13(11-6-7-11)17-14(10)18(2)8-4-3-5-9-19/h11,19H,3-9H2,1-2H3. The van der Waals surface area contributed by atoms with Crippen LogP contribution in [-0.4, -0.2) is 35.3 Å². The summed E-state index contributed by atoms with van der Waals surface area (Å²) >= 11 is 6.21. The molecule has 1 N–H and O–H groups in total. The number of hydrogen-bond acceptors (Lipinski definition) is 4. The first-order valence-electron chi connectivity index (χ1n) is 6.99. The van der Waals surface area contributed by atoms with Crippen LogP contribution < -0.4 is 4.90 Å². The first-order chi connectivity index (χ1) is 9.13. The van der Waals surface area contributed by atoms with Crippen LogP contribution in [0.15, 0.2) is 0 Å². The summed E-state index contributed by atoms with van der Waals surface area (Å²) in [5, 5.41) is 9.36. The van der Waals surface area contributed by atoms with Crippen molar-refractivity contribution in [3.05, 3.63) is 16.5 Å². The van der Waals surface area contributed by atoms with E-state index in [2.05, 4.69) is 14.9 Å². The third-order valence-electron chi connectivity index (χ3n) is 3.53. The SMILES string of the molecule is Cc1c(Cl)nc(C2CC2)nc1N(C)CCCCCO. The van der Waals surface area contributed by atoms with E-state index >= 15 is 0 Å². The lowest BCUT2D eigenvalue weighted by atomic mass is 10.2. The summed E-state index contributed by atoms with van der Waals surface area (Å²) in [5.41, 5.74) is 0.954. The second-order valence-corrected chi connectivity index (χ2v) is 5.66. The van der Waals surface area contributed by atoms with Gasteiger partial charge in [0.15, 0.2) is 0 Å². The zero-order valence-electron chi connectivity index (χ0n) is 11.7. The summed E-state index contributed by atoms with van der Waals surface area (Å²) in [6, 6.07) is 0. The van der Waals surface area contributed by atoms with Crippen LogP contribution in [0, 0.1) is 6.92 Å². The van der Waals surface area contributed by atoms with Crippen molar-refractivity contribution in [3.63, 3.8) is 0 Å². The predicted molar refractivity (Wildman–Crippen MR) is 78.0 cm³/mol. The van der Waals surface area contributed by atoms with Crippen molar-refractivity contribution in [1.29, 1.82) is 0 Å². The van der Waals surface area contributed by atoms with Gasteiger partial charge < -0.3 is 10.0 Å². The van der Waals surface area contributed by atoms with E-state index in [-0.39, 0.29) is 6.61 Å². The molecule has 0 bridgehead atoms. The molecule has 1 aliphatic carbocycles. The molecule has 0 aromatic carbocycles. The van der Waals surface area contributed by atoms with E-state index < -0.39 is 0 Å². The summed E-state index contributed by atoms with van der Waals surface area (Å²) in [6.45, 7) is 3.17. The van der Waals surface area contributed by atoms with Gasteiger partial charge in [-0.3, -0.25) is 0 Å². The van der Waals surface area contributed by atoms with Crippen molar-refractivity contribution in [2.75, 3.05) is 25.1 Å². The number of aromatic nitrogens is 2. The Hall–Kier alpha value is -0.870. The average molecular weight is 284 g/mol. The van der Waals surface area contributed by atoms with Gasteiger partial charge in [-0.2, -0.15) is 0 Å². The van der Waals surface area contributed by atoms with E-state index in [0.717, 1.165) is 43.0 Å². The Kier molecular flexibility index (Phi) is 4.99. The van der Waals surface area contributed by atoms with E-state index in [9.17, 15) is 0 Å². The lowest BCUT2D eigenvalue weighted by Gasteiger charge is -2.21. The van der Waals surface area contributed by atoms with Crippen LogP contribution >= 0.6 is 11.6 Å². The van der Waals surface area contributed by atoms with Crippen molar-refractivity contribution in [1.82, 2.24) is 9.97 Å². The molecule has 0 radical (unpaired) electrons. The molecule has 0 spiro atoms. The largest absolute Gasteiger partial charge is 0.396 e. The molecule has 5 heteroatoms. The van der Waals surface area contributed by atoms with Gasteiger partial charge in [0.1, 0.15) is 16.8 Å². The summed E-state index contributed by atoms with van der Waals surface area (Å²) in [6.07, 6.45) is 5.31. The number of anilines is 1. The van der Waals surface area contributed by atoms with Gasteiger partial charge in [-0.25, -0.2) is 9.97 Å². The molecule has 1 aliphatic rings. The zero-order chi connectivity index (χ0) is 13.8. The molecule has 4 nitrogen and oxygen atoms in total. The van der Waals surface area contributed by atoms with Gasteiger partial charge in [0.25, 0.3) is 0 Å². The maximum absolute atomic E-state index is 8.78. The lowest BCUT2D eigenvalue weighted by Crippen LogP contribution is -2.22. The molecular formula is C14H22ClN3O. The van der Waals surface area contributed by atoms with E-state index in [4.69, 9.17) is 16.7 Å². The molecular weight excluding hydrogens is 262 g/mol. The Labute approximate surface area is 119 Å². The quantitative estimate of drug-likeness (QED) is 0.617. The molecule has 0 saturated heterocycles. The van der Waals surface area contributed by atoms with Crippen LogP contribution in [0.4, 0.5) is 5.82 Å². The Balaban J connectivity index is 2.04. The van der Waals surface area contributed by atoms with Crippen molar-refractivity contribution >= 4 is 17.4 Å². The van der Waals surface area contributed by atoms with Crippen LogP contribution in [0.5, 0.6) is 0 Å². The maximum Gasteiger partial charge on any atom is 0.137 e. The first kappa shape index (κ1) is 14.5. The summed E-state index contributed by atoms with van der Waals surface area (Å²) in [7, 11) is 2.04. The number of aliphatic hydroxyl groups is 1. The molecule has 0 amide bonds. The van der Waals surface area contributed by atoms with Crippen molar-refractivity contribution in [2.45, 2.75) is 44.9 Å². The second-order valence-electron chi connectivity index (χ2n) is 5.30. The molecule has 1 heterocycles. The molecule has 0 aliphatic heterocycles. The molecule has 2 rings (SSSR count). The Morgan fingerprint density at radius 1 is 1.26 bits per heavy atom. The van der Waals surface area contributed by atoms with Crippen LogP contribution in [0.25, 0.3) is 0 Å². The van der Waals surface area contributed by atoms with Crippen LogP contribution in [0.2, 0.25) is 5.15 Å². The topological polar surface area (TPSA) is 49.2 Å². The summed E-state index contributed by atoms with van der Waals surface area (Å²) in [4.78, 5) is 11.2. The molecule has 106 valence electrons. The van der Waals surface area contributed by atoms with Crippen molar-refractivity contribution in [2.24, 2.45) is 0 Å². The fourth-order valence-corrected chi connectivity index (χ4v) is 2.30. The smallest absolute Gasteiger partial charge is 0.137 e. The highest BCUT2D eigenvalue weighted by atomic mass is 35.5. The van der Waals surface area contributed by atoms with Gasteiger partial charge in [-0.15, -0.1) is 0 Å². The van der Waals surface area contributed by atoms with Crippen LogP contribution in [0.1, 0.15) is 49.4 Å². The van der Waals surface area contributed by atoms with E-state index in [0.29, 0.717) is 11.1 Å². The van der Waals surface area contributed by atoms with Crippen molar-refractivity contribution in [3.8, 4) is 0 Å². The number of unbranched alkanes of at least 4 members (excludes halogenated alkanes) is 2. The molecule has 1 saturated carbocycles. The Bertz CT molecular complexity index is 435. The highest BCUT2D eigenvalue weighted by molar-refractivity contribution is 6.30. The minimum atomic E-state index is 0.272. The minimum Gasteiger partial charge on any atom is -0.396 e. The third kappa shape index (κ3) is 3.80. The first-order valence-corrected chi connectivity index (χ1v) is 7.37. The summed E-state index contributed by atoms with van der Waals surface area (Å²) in [5.74, 6) is 2.36.